The molecule has 1 aromatic carbocycles. The van der Waals surface area contributed by atoms with Crippen molar-refractivity contribution in [2.45, 2.75) is 33.8 Å². The summed E-state index contributed by atoms with van der Waals surface area (Å²) in [5, 5.41) is 14.0. The summed E-state index contributed by atoms with van der Waals surface area (Å²) < 4.78 is 1.94. The molecule has 1 N–H and O–H groups in total. The van der Waals surface area contributed by atoms with Gasteiger partial charge in [0, 0.05) is 5.69 Å². The van der Waals surface area contributed by atoms with Crippen LogP contribution in [0.5, 0.6) is 0 Å². The molecule has 0 saturated carbocycles. The summed E-state index contributed by atoms with van der Waals surface area (Å²) in [5.74, 6) is 0. The van der Waals surface area contributed by atoms with Gasteiger partial charge in [-0.05, 0) is 51.0 Å². The summed E-state index contributed by atoms with van der Waals surface area (Å²) in [5.41, 5.74) is 5.40. The van der Waals surface area contributed by atoms with E-state index in [0.29, 0.717) is 0 Å². The first-order valence-corrected chi connectivity index (χ1v) is 5.82. The van der Waals surface area contributed by atoms with Gasteiger partial charge in [-0.2, -0.15) is 5.10 Å². The van der Waals surface area contributed by atoms with Crippen LogP contribution in [0.4, 0.5) is 0 Å². The van der Waals surface area contributed by atoms with Crippen LogP contribution < -0.4 is 0 Å². The summed E-state index contributed by atoms with van der Waals surface area (Å²) >= 11 is 0. The molecule has 3 heteroatoms. The summed E-state index contributed by atoms with van der Waals surface area (Å²) in [7, 11) is 0. The zero-order valence-electron chi connectivity index (χ0n) is 10.7. The maximum atomic E-state index is 9.47. The van der Waals surface area contributed by atoms with Gasteiger partial charge in [-0.25, -0.2) is 4.68 Å². The Hall–Kier alpha value is -1.61. The zero-order chi connectivity index (χ0) is 12.6. The minimum Gasteiger partial charge on any atom is -0.389 e. The molecule has 0 spiro atoms. The predicted octanol–water partition coefficient (Wildman–Crippen LogP) is 2.85. The smallest absolute Gasteiger partial charge is 0.0761 e. The molecule has 1 unspecified atom stereocenters. The SMILES string of the molecule is Cc1nn(-c2ccc(C(C)O)cc2)c(C)c1C. The third kappa shape index (κ3) is 2.11. The highest BCUT2D eigenvalue weighted by Gasteiger charge is 2.09. The van der Waals surface area contributed by atoms with Gasteiger partial charge in [0.2, 0.25) is 0 Å². The van der Waals surface area contributed by atoms with Crippen LogP contribution >= 0.6 is 0 Å². The first-order chi connectivity index (χ1) is 8.00. The van der Waals surface area contributed by atoms with E-state index in [0.717, 1.165) is 22.6 Å². The van der Waals surface area contributed by atoms with Gasteiger partial charge in [0.25, 0.3) is 0 Å². The Bertz CT molecular complexity index is 524. The molecule has 2 aromatic rings. The normalized spacial score (nSPS) is 12.8. The lowest BCUT2D eigenvalue weighted by atomic mass is 10.1. The van der Waals surface area contributed by atoms with E-state index in [1.54, 1.807) is 6.92 Å². The highest BCUT2D eigenvalue weighted by molar-refractivity contribution is 5.38. The van der Waals surface area contributed by atoms with Crippen molar-refractivity contribution < 1.29 is 5.11 Å². The Labute approximate surface area is 102 Å². The van der Waals surface area contributed by atoms with E-state index in [9.17, 15) is 5.11 Å². The zero-order valence-corrected chi connectivity index (χ0v) is 10.7. The minimum atomic E-state index is -0.425. The van der Waals surface area contributed by atoms with Crippen LogP contribution in [-0.2, 0) is 0 Å². The molecule has 0 aliphatic rings. The molecule has 90 valence electrons. The van der Waals surface area contributed by atoms with E-state index >= 15 is 0 Å². The summed E-state index contributed by atoms with van der Waals surface area (Å²) in [6, 6.07) is 7.85. The molecule has 0 saturated heterocycles. The largest absolute Gasteiger partial charge is 0.389 e. The van der Waals surface area contributed by atoms with Crippen molar-refractivity contribution in [3.63, 3.8) is 0 Å². The van der Waals surface area contributed by atoms with Crippen LogP contribution in [0.25, 0.3) is 5.69 Å². The Morgan fingerprint density at radius 2 is 1.71 bits per heavy atom. The lowest BCUT2D eigenvalue weighted by molar-refractivity contribution is 0.199. The molecule has 0 amide bonds. The number of rotatable bonds is 2. The first-order valence-electron chi connectivity index (χ1n) is 5.82. The fourth-order valence-electron chi connectivity index (χ4n) is 1.87. The number of benzene rings is 1. The third-order valence-corrected chi connectivity index (χ3v) is 3.27. The quantitative estimate of drug-likeness (QED) is 0.861. The Morgan fingerprint density at radius 1 is 1.12 bits per heavy atom. The van der Waals surface area contributed by atoms with E-state index in [1.807, 2.05) is 35.9 Å². The van der Waals surface area contributed by atoms with Gasteiger partial charge in [0.05, 0.1) is 17.5 Å². The molecule has 0 aliphatic carbocycles. The number of aryl methyl sites for hydroxylation is 1. The predicted molar refractivity (Wildman–Crippen MR) is 68.4 cm³/mol. The molecule has 0 aliphatic heterocycles. The third-order valence-electron chi connectivity index (χ3n) is 3.27. The average molecular weight is 230 g/mol. The highest BCUT2D eigenvalue weighted by Crippen LogP contribution is 2.19. The van der Waals surface area contributed by atoms with Crippen LogP contribution in [0.3, 0.4) is 0 Å². The molecule has 0 bridgehead atoms. The molecule has 0 radical (unpaired) electrons. The van der Waals surface area contributed by atoms with E-state index in [1.165, 1.54) is 5.56 Å². The lowest BCUT2D eigenvalue weighted by Gasteiger charge is -2.08. The van der Waals surface area contributed by atoms with Gasteiger partial charge in [0.1, 0.15) is 0 Å². The van der Waals surface area contributed by atoms with Crippen LogP contribution in [0, 0.1) is 20.8 Å². The van der Waals surface area contributed by atoms with Crippen molar-refractivity contribution in [1.29, 1.82) is 0 Å². The van der Waals surface area contributed by atoms with Crippen LogP contribution in [0.2, 0.25) is 0 Å². The number of hydrogen-bond acceptors (Lipinski definition) is 2. The second kappa shape index (κ2) is 4.34. The number of aliphatic hydroxyl groups is 1. The van der Waals surface area contributed by atoms with Gasteiger partial charge >= 0.3 is 0 Å². The van der Waals surface area contributed by atoms with Gasteiger partial charge in [-0.3, -0.25) is 0 Å². The van der Waals surface area contributed by atoms with Gasteiger partial charge in [0.15, 0.2) is 0 Å². The fourth-order valence-corrected chi connectivity index (χ4v) is 1.87. The van der Waals surface area contributed by atoms with Crippen molar-refractivity contribution in [1.82, 2.24) is 9.78 Å². The van der Waals surface area contributed by atoms with Crippen LogP contribution in [-0.4, -0.2) is 14.9 Å². The number of hydrogen-bond donors (Lipinski definition) is 1. The fraction of sp³-hybridized carbons (Fsp3) is 0.357. The maximum absolute atomic E-state index is 9.47. The molecular formula is C14H18N2O. The maximum Gasteiger partial charge on any atom is 0.0761 e. The molecular weight excluding hydrogens is 212 g/mol. The van der Waals surface area contributed by atoms with Crippen molar-refractivity contribution in [2.24, 2.45) is 0 Å². The van der Waals surface area contributed by atoms with Crippen molar-refractivity contribution >= 4 is 0 Å². The van der Waals surface area contributed by atoms with E-state index in [2.05, 4.69) is 18.9 Å². The van der Waals surface area contributed by atoms with E-state index in [4.69, 9.17) is 0 Å². The number of aliphatic hydroxyl groups excluding tert-OH is 1. The second-order valence-electron chi connectivity index (χ2n) is 4.48. The van der Waals surface area contributed by atoms with Crippen molar-refractivity contribution in [2.75, 3.05) is 0 Å². The van der Waals surface area contributed by atoms with E-state index in [-0.39, 0.29) is 0 Å². The monoisotopic (exact) mass is 230 g/mol. The van der Waals surface area contributed by atoms with Crippen LogP contribution in [0.15, 0.2) is 24.3 Å². The Kier molecular flexibility index (Phi) is 3.03. The first kappa shape index (κ1) is 11.9. The summed E-state index contributed by atoms with van der Waals surface area (Å²) in [6.07, 6.45) is -0.425. The standard InChI is InChI=1S/C14H18N2O/c1-9-10(2)15-16(11(9)3)14-7-5-13(6-8-14)12(4)17/h5-8,12,17H,1-4H3. The molecule has 17 heavy (non-hydrogen) atoms. The molecule has 2 rings (SSSR count). The van der Waals surface area contributed by atoms with Gasteiger partial charge in [-0.15, -0.1) is 0 Å². The number of aromatic nitrogens is 2. The molecule has 1 heterocycles. The van der Waals surface area contributed by atoms with Gasteiger partial charge in [-0.1, -0.05) is 12.1 Å². The van der Waals surface area contributed by atoms with Gasteiger partial charge < -0.3 is 5.11 Å². The van der Waals surface area contributed by atoms with Crippen LogP contribution in [0.1, 0.15) is 35.5 Å². The molecule has 3 nitrogen and oxygen atoms in total. The summed E-state index contributed by atoms with van der Waals surface area (Å²) in [4.78, 5) is 0. The van der Waals surface area contributed by atoms with E-state index < -0.39 is 6.10 Å². The molecule has 1 aromatic heterocycles. The minimum absolute atomic E-state index is 0.425. The number of nitrogens with zero attached hydrogens (tertiary/aromatic N) is 2. The Morgan fingerprint density at radius 3 is 2.12 bits per heavy atom. The topological polar surface area (TPSA) is 38.0 Å². The molecule has 0 fully saturated rings. The molecule has 1 atom stereocenters. The van der Waals surface area contributed by atoms with Crippen molar-refractivity contribution in [3.8, 4) is 5.69 Å². The Balaban J connectivity index is 2.43. The van der Waals surface area contributed by atoms with Crippen molar-refractivity contribution in [3.05, 3.63) is 46.8 Å². The summed E-state index contributed by atoms with van der Waals surface area (Å²) in [6.45, 7) is 7.93. The lowest BCUT2D eigenvalue weighted by Crippen LogP contribution is -2.00. The second-order valence-corrected chi connectivity index (χ2v) is 4.48. The highest BCUT2D eigenvalue weighted by atomic mass is 16.3. The average Bonchev–Trinajstić information content (AvgIpc) is 2.57.